The summed E-state index contributed by atoms with van der Waals surface area (Å²) in [4.78, 5) is 0. The molecular formula is C15H16ClFN2O. The van der Waals surface area contributed by atoms with Crippen molar-refractivity contribution in [2.24, 2.45) is 5.84 Å². The van der Waals surface area contributed by atoms with Crippen molar-refractivity contribution in [1.82, 2.24) is 5.43 Å². The number of methoxy groups -OCH3 is 1. The first kappa shape index (κ1) is 14.8. The van der Waals surface area contributed by atoms with Crippen LogP contribution in [0, 0.1) is 5.82 Å². The van der Waals surface area contributed by atoms with E-state index in [9.17, 15) is 4.39 Å². The Balaban J connectivity index is 2.26. The number of nitrogens with one attached hydrogen (secondary N) is 1. The Hall–Kier alpha value is -1.62. The molecule has 0 saturated carbocycles. The maximum Gasteiger partial charge on any atom is 0.146 e. The second-order valence-corrected chi connectivity index (χ2v) is 4.83. The molecule has 3 nitrogen and oxygen atoms in total. The minimum atomic E-state index is -0.444. The number of hydrogen-bond donors (Lipinski definition) is 2. The number of hydrazine groups is 1. The van der Waals surface area contributed by atoms with Crippen molar-refractivity contribution in [3.63, 3.8) is 0 Å². The summed E-state index contributed by atoms with van der Waals surface area (Å²) in [7, 11) is 1.61. The van der Waals surface area contributed by atoms with Crippen molar-refractivity contribution in [2.45, 2.75) is 12.5 Å². The number of nitrogens with two attached hydrogens (primary N) is 1. The molecule has 2 aromatic rings. The fraction of sp³-hybridized carbons (Fsp3) is 0.200. The van der Waals surface area contributed by atoms with Crippen LogP contribution in [0.2, 0.25) is 5.02 Å². The Morgan fingerprint density at radius 2 is 2.05 bits per heavy atom. The van der Waals surface area contributed by atoms with Gasteiger partial charge in [0.15, 0.2) is 0 Å². The lowest BCUT2D eigenvalue weighted by molar-refractivity contribution is 0.413. The van der Waals surface area contributed by atoms with Crippen molar-refractivity contribution in [3.8, 4) is 5.75 Å². The van der Waals surface area contributed by atoms with Crippen LogP contribution in [0.4, 0.5) is 4.39 Å². The summed E-state index contributed by atoms with van der Waals surface area (Å²) >= 11 is 5.80. The molecular weight excluding hydrogens is 279 g/mol. The van der Waals surface area contributed by atoms with E-state index >= 15 is 0 Å². The van der Waals surface area contributed by atoms with Gasteiger partial charge in [-0.05, 0) is 30.2 Å². The average molecular weight is 295 g/mol. The molecule has 0 fully saturated rings. The SMILES string of the molecule is COc1cccc(CC(NN)c2cccc(Cl)c2F)c1. The van der Waals surface area contributed by atoms with Crippen molar-refractivity contribution >= 4 is 11.6 Å². The summed E-state index contributed by atoms with van der Waals surface area (Å²) in [5.41, 5.74) is 4.07. The second kappa shape index (κ2) is 6.70. The number of benzene rings is 2. The largest absolute Gasteiger partial charge is 0.497 e. The molecule has 0 amide bonds. The van der Waals surface area contributed by atoms with E-state index in [1.54, 1.807) is 19.2 Å². The molecule has 1 unspecified atom stereocenters. The zero-order valence-electron chi connectivity index (χ0n) is 11.1. The Bertz CT molecular complexity index is 592. The van der Waals surface area contributed by atoms with Gasteiger partial charge in [-0.15, -0.1) is 0 Å². The first-order valence-electron chi connectivity index (χ1n) is 6.18. The van der Waals surface area contributed by atoms with Crippen molar-refractivity contribution in [3.05, 3.63) is 64.4 Å². The Morgan fingerprint density at radius 3 is 2.75 bits per heavy atom. The number of ether oxygens (including phenoxy) is 1. The Labute approximate surface area is 122 Å². The normalized spacial score (nSPS) is 12.2. The van der Waals surface area contributed by atoms with E-state index in [0.717, 1.165) is 11.3 Å². The van der Waals surface area contributed by atoms with Crippen LogP contribution in [0.25, 0.3) is 0 Å². The second-order valence-electron chi connectivity index (χ2n) is 4.42. The van der Waals surface area contributed by atoms with Crippen LogP contribution in [0.15, 0.2) is 42.5 Å². The minimum absolute atomic E-state index is 0.0911. The van der Waals surface area contributed by atoms with Gasteiger partial charge in [-0.25, -0.2) is 4.39 Å². The molecule has 0 bridgehead atoms. The van der Waals surface area contributed by atoms with Crippen molar-refractivity contribution in [1.29, 1.82) is 0 Å². The topological polar surface area (TPSA) is 47.3 Å². The fourth-order valence-electron chi connectivity index (χ4n) is 2.08. The quantitative estimate of drug-likeness (QED) is 0.657. The molecule has 0 aliphatic heterocycles. The predicted molar refractivity (Wildman–Crippen MR) is 78.2 cm³/mol. The first-order valence-corrected chi connectivity index (χ1v) is 6.56. The van der Waals surface area contributed by atoms with Gasteiger partial charge in [0.25, 0.3) is 0 Å². The van der Waals surface area contributed by atoms with Crippen LogP contribution in [-0.4, -0.2) is 7.11 Å². The fourth-order valence-corrected chi connectivity index (χ4v) is 2.27. The highest BCUT2D eigenvalue weighted by molar-refractivity contribution is 6.30. The summed E-state index contributed by atoms with van der Waals surface area (Å²) in [5.74, 6) is 5.86. The molecule has 0 heterocycles. The predicted octanol–water partition coefficient (Wildman–Crippen LogP) is 3.23. The summed E-state index contributed by atoms with van der Waals surface area (Å²) in [6.45, 7) is 0. The zero-order valence-corrected chi connectivity index (χ0v) is 11.8. The Morgan fingerprint density at radius 1 is 1.30 bits per heavy atom. The van der Waals surface area contributed by atoms with E-state index < -0.39 is 5.82 Å². The number of rotatable bonds is 5. The first-order chi connectivity index (χ1) is 9.65. The monoisotopic (exact) mass is 294 g/mol. The lowest BCUT2D eigenvalue weighted by Crippen LogP contribution is -2.30. The van der Waals surface area contributed by atoms with Gasteiger partial charge in [-0.2, -0.15) is 0 Å². The smallest absolute Gasteiger partial charge is 0.146 e. The van der Waals surface area contributed by atoms with E-state index in [4.69, 9.17) is 22.2 Å². The lowest BCUT2D eigenvalue weighted by Gasteiger charge is -2.18. The van der Waals surface area contributed by atoms with E-state index in [2.05, 4.69) is 5.43 Å². The Kier molecular flexibility index (Phi) is 4.95. The van der Waals surface area contributed by atoms with Gasteiger partial charge in [0.2, 0.25) is 0 Å². The highest BCUT2D eigenvalue weighted by Crippen LogP contribution is 2.26. The van der Waals surface area contributed by atoms with E-state index in [0.29, 0.717) is 12.0 Å². The summed E-state index contributed by atoms with van der Waals surface area (Å²) in [5, 5.41) is 0.0911. The van der Waals surface area contributed by atoms with Crippen LogP contribution < -0.4 is 16.0 Å². The van der Waals surface area contributed by atoms with E-state index in [1.807, 2.05) is 24.3 Å². The van der Waals surface area contributed by atoms with Gasteiger partial charge in [0, 0.05) is 5.56 Å². The third kappa shape index (κ3) is 3.28. The molecule has 2 rings (SSSR count). The van der Waals surface area contributed by atoms with Crippen LogP contribution in [0.1, 0.15) is 17.2 Å². The lowest BCUT2D eigenvalue weighted by atomic mass is 9.99. The maximum atomic E-state index is 14.0. The maximum absolute atomic E-state index is 14.0. The van der Waals surface area contributed by atoms with Gasteiger partial charge >= 0.3 is 0 Å². The van der Waals surface area contributed by atoms with Crippen LogP contribution in [0.3, 0.4) is 0 Å². The van der Waals surface area contributed by atoms with E-state index in [1.165, 1.54) is 6.07 Å². The summed E-state index contributed by atoms with van der Waals surface area (Å²) in [6.07, 6.45) is 0.533. The van der Waals surface area contributed by atoms with Crippen LogP contribution in [-0.2, 0) is 6.42 Å². The molecule has 3 N–H and O–H groups in total. The van der Waals surface area contributed by atoms with Crippen LogP contribution in [0.5, 0.6) is 5.75 Å². The zero-order chi connectivity index (χ0) is 14.5. The number of halogens is 2. The highest BCUT2D eigenvalue weighted by Gasteiger charge is 2.17. The van der Waals surface area contributed by atoms with Crippen molar-refractivity contribution < 1.29 is 9.13 Å². The average Bonchev–Trinajstić information content (AvgIpc) is 2.48. The molecule has 0 saturated heterocycles. The summed E-state index contributed by atoms with van der Waals surface area (Å²) in [6, 6.07) is 12.1. The third-order valence-electron chi connectivity index (χ3n) is 3.13. The molecule has 5 heteroatoms. The van der Waals surface area contributed by atoms with Crippen LogP contribution >= 0.6 is 11.6 Å². The highest BCUT2D eigenvalue weighted by atomic mass is 35.5. The molecule has 0 aliphatic carbocycles. The molecule has 0 aliphatic rings. The molecule has 20 heavy (non-hydrogen) atoms. The van der Waals surface area contributed by atoms with Gasteiger partial charge in [-0.3, -0.25) is 11.3 Å². The molecule has 1 atom stereocenters. The molecule has 0 aromatic heterocycles. The van der Waals surface area contributed by atoms with Crippen molar-refractivity contribution in [2.75, 3.05) is 7.11 Å². The number of hydrogen-bond acceptors (Lipinski definition) is 3. The van der Waals surface area contributed by atoms with Gasteiger partial charge in [0.05, 0.1) is 18.2 Å². The summed E-state index contributed by atoms with van der Waals surface area (Å²) < 4.78 is 19.2. The molecule has 0 spiro atoms. The van der Waals surface area contributed by atoms with Gasteiger partial charge in [0.1, 0.15) is 11.6 Å². The molecule has 106 valence electrons. The molecule has 0 radical (unpaired) electrons. The standard InChI is InChI=1S/C15H16ClFN2O/c1-20-11-5-2-4-10(8-11)9-14(19-18)12-6-3-7-13(16)15(12)17/h2-8,14,19H,9,18H2,1H3. The van der Waals surface area contributed by atoms with Gasteiger partial charge in [-0.1, -0.05) is 35.9 Å². The van der Waals surface area contributed by atoms with Gasteiger partial charge < -0.3 is 4.74 Å². The third-order valence-corrected chi connectivity index (χ3v) is 3.42. The molecule has 2 aromatic carbocycles. The minimum Gasteiger partial charge on any atom is -0.497 e. The van der Waals surface area contributed by atoms with E-state index in [-0.39, 0.29) is 11.1 Å².